The van der Waals surface area contributed by atoms with Gasteiger partial charge in [-0.25, -0.2) is 0 Å². The largest absolute Gasteiger partial charge is 0.399 e. The van der Waals surface area contributed by atoms with Crippen molar-refractivity contribution in [3.63, 3.8) is 0 Å². The first-order valence-electron chi connectivity index (χ1n) is 6.08. The Balaban J connectivity index is 2.61. The van der Waals surface area contributed by atoms with Crippen LogP contribution in [0.4, 0.5) is 5.69 Å². The molecule has 0 radical (unpaired) electrons. The molecule has 1 aromatic carbocycles. The van der Waals surface area contributed by atoms with Gasteiger partial charge in [0.1, 0.15) is 6.04 Å². The van der Waals surface area contributed by atoms with Crippen molar-refractivity contribution in [2.45, 2.75) is 13.0 Å². The van der Waals surface area contributed by atoms with Gasteiger partial charge in [0.2, 0.25) is 5.91 Å². The maximum Gasteiger partial charge on any atom is 0.253 e. The Morgan fingerprint density at radius 2 is 2.15 bits per heavy atom. The Morgan fingerprint density at radius 3 is 2.80 bits per heavy atom. The highest BCUT2D eigenvalue weighted by Gasteiger charge is 2.17. The predicted molar refractivity (Wildman–Crippen MR) is 80.4 cm³/mol. The number of nitrogens with two attached hydrogens (primary N) is 1. The van der Waals surface area contributed by atoms with Crippen molar-refractivity contribution in [2.75, 3.05) is 26.0 Å². The SMILES string of the molecule is COCCNC(=O)C(C)NC(=O)c1cc(N)ccc1Br. The van der Waals surface area contributed by atoms with Gasteiger partial charge in [0.15, 0.2) is 0 Å². The van der Waals surface area contributed by atoms with Crippen molar-refractivity contribution >= 4 is 33.4 Å². The monoisotopic (exact) mass is 343 g/mol. The number of anilines is 1. The van der Waals surface area contributed by atoms with Gasteiger partial charge in [0.05, 0.1) is 12.2 Å². The van der Waals surface area contributed by atoms with E-state index in [1.807, 2.05) is 0 Å². The summed E-state index contributed by atoms with van der Waals surface area (Å²) in [6, 6.07) is 4.28. The number of ether oxygens (including phenoxy) is 1. The van der Waals surface area contributed by atoms with Crippen LogP contribution in [0, 0.1) is 0 Å². The van der Waals surface area contributed by atoms with E-state index in [4.69, 9.17) is 10.5 Å². The summed E-state index contributed by atoms with van der Waals surface area (Å²) >= 11 is 3.28. The average molecular weight is 344 g/mol. The molecule has 20 heavy (non-hydrogen) atoms. The maximum atomic E-state index is 12.1. The lowest BCUT2D eigenvalue weighted by Gasteiger charge is -2.14. The second-order valence-corrected chi connectivity index (χ2v) is 5.07. The number of hydrogen-bond donors (Lipinski definition) is 3. The number of rotatable bonds is 6. The van der Waals surface area contributed by atoms with Crippen LogP contribution in [-0.2, 0) is 9.53 Å². The zero-order valence-electron chi connectivity index (χ0n) is 11.4. The van der Waals surface area contributed by atoms with Crippen LogP contribution in [0.1, 0.15) is 17.3 Å². The lowest BCUT2D eigenvalue weighted by Crippen LogP contribution is -2.45. The van der Waals surface area contributed by atoms with Crippen molar-refractivity contribution < 1.29 is 14.3 Å². The highest BCUT2D eigenvalue weighted by atomic mass is 79.9. The normalized spacial score (nSPS) is 11.8. The highest BCUT2D eigenvalue weighted by molar-refractivity contribution is 9.10. The van der Waals surface area contributed by atoms with Crippen LogP contribution in [0.5, 0.6) is 0 Å². The standard InChI is InChI=1S/C13H18BrN3O3/c1-8(12(18)16-5-6-20-2)17-13(19)10-7-9(15)3-4-11(10)14/h3-4,7-8H,5-6,15H2,1-2H3,(H,16,18)(H,17,19). The predicted octanol–water partition coefficient (Wildman–Crippen LogP) is 0.912. The van der Waals surface area contributed by atoms with Crippen LogP contribution in [0.15, 0.2) is 22.7 Å². The molecule has 2 amide bonds. The molecule has 110 valence electrons. The van der Waals surface area contributed by atoms with Crippen molar-refractivity contribution in [2.24, 2.45) is 0 Å². The van der Waals surface area contributed by atoms with Gasteiger partial charge in [-0.15, -0.1) is 0 Å². The van der Waals surface area contributed by atoms with Crippen molar-refractivity contribution in [3.05, 3.63) is 28.2 Å². The topological polar surface area (TPSA) is 93.5 Å². The second-order valence-electron chi connectivity index (χ2n) is 4.22. The molecule has 1 unspecified atom stereocenters. The van der Waals surface area contributed by atoms with Crippen molar-refractivity contribution in [1.82, 2.24) is 10.6 Å². The fraction of sp³-hybridized carbons (Fsp3) is 0.385. The van der Waals surface area contributed by atoms with E-state index in [1.54, 1.807) is 32.2 Å². The van der Waals surface area contributed by atoms with E-state index in [0.29, 0.717) is 28.9 Å². The smallest absolute Gasteiger partial charge is 0.253 e. The number of nitrogens with one attached hydrogen (secondary N) is 2. The number of methoxy groups -OCH3 is 1. The quantitative estimate of drug-likeness (QED) is 0.528. The molecule has 6 nitrogen and oxygen atoms in total. The van der Waals surface area contributed by atoms with Crippen LogP contribution in [0.3, 0.4) is 0 Å². The number of halogens is 1. The Labute approximate surface area is 126 Å². The number of nitrogen functional groups attached to an aromatic ring is 1. The highest BCUT2D eigenvalue weighted by Crippen LogP contribution is 2.19. The van der Waals surface area contributed by atoms with Crippen molar-refractivity contribution in [3.8, 4) is 0 Å². The summed E-state index contributed by atoms with van der Waals surface area (Å²) in [5.41, 5.74) is 6.52. The molecule has 0 fully saturated rings. The molecular weight excluding hydrogens is 326 g/mol. The number of amides is 2. The van der Waals surface area contributed by atoms with Crippen LogP contribution in [-0.4, -0.2) is 38.1 Å². The van der Waals surface area contributed by atoms with Crippen LogP contribution in [0.25, 0.3) is 0 Å². The van der Waals surface area contributed by atoms with Crippen LogP contribution in [0.2, 0.25) is 0 Å². The van der Waals surface area contributed by atoms with E-state index in [1.165, 1.54) is 0 Å². The van der Waals surface area contributed by atoms with Crippen LogP contribution >= 0.6 is 15.9 Å². The molecule has 1 rings (SSSR count). The molecule has 0 saturated heterocycles. The second kappa shape index (κ2) is 7.86. The number of benzene rings is 1. The van der Waals surface area contributed by atoms with Gasteiger partial charge in [-0.1, -0.05) is 0 Å². The fourth-order valence-electron chi connectivity index (χ4n) is 1.49. The minimum Gasteiger partial charge on any atom is -0.399 e. The summed E-state index contributed by atoms with van der Waals surface area (Å²) in [4.78, 5) is 23.8. The molecule has 0 saturated carbocycles. The molecule has 0 aromatic heterocycles. The van der Waals surface area contributed by atoms with Gasteiger partial charge < -0.3 is 21.1 Å². The molecule has 7 heteroatoms. The van der Waals surface area contributed by atoms with E-state index in [9.17, 15) is 9.59 Å². The number of carbonyl (C=O) groups is 2. The van der Waals surface area contributed by atoms with Gasteiger partial charge in [-0.3, -0.25) is 9.59 Å². The van der Waals surface area contributed by atoms with Gasteiger partial charge in [0, 0.05) is 23.8 Å². The first kappa shape index (κ1) is 16.5. The average Bonchev–Trinajstić information content (AvgIpc) is 2.41. The van der Waals surface area contributed by atoms with E-state index < -0.39 is 6.04 Å². The summed E-state index contributed by atoms with van der Waals surface area (Å²) in [7, 11) is 1.55. The summed E-state index contributed by atoms with van der Waals surface area (Å²) in [5, 5.41) is 5.26. The minimum absolute atomic E-state index is 0.268. The summed E-state index contributed by atoms with van der Waals surface area (Å²) in [6.45, 7) is 2.44. The minimum atomic E-state index is -0.646. The third kappa shape index (κ3) is 4.82. The molecule has 1 aromatic rings. The van der Waals surface area contributed by atoms with Gasteiger partial charge >= 0.3 is 0 Å². The lowest BCUT2D eigenvalue weighted by molar-refractivity contribution is -0.122. The van der Waals surface area contributed by atoms with Gasteiger partial charge in [-0.05, 0) is 41.1 Å². The Morgan fingerprint density at radius 1 is 1.45 bits per heavy atom. The molecule has 0 spiro atoms. The molecule has 0 aliphatic rings. The zero-order valence-corrected chi connectivity index (χ0v) is 13.0. The molecule has 0 bridgehead atoms. The lowest BCUT2D eigenvalue weighted by atomic mass is 10.1. The first-order valence-corrected chi connectivity index (χ1v) is 6.87. The van der Waals surface area contributed by atoms with Crippen LogP contribution < -0.4 is 16.4 Å². The summed E-state index contributed by atoms with van der Waals surface area (Å²) in [5.74, 6) is -0.631. The molecule has 0 heterocycles. The van der Waals surface area contributed by atoms with Crippen molar-refractivity contribution in [1.29, 1.82) is 0 Å². The summed E-state index contributed by atoms with van der Waals surface area (Å²) in [6.07, 6.45) is 0. The van der Waals surface area contributed by atoms with E-state index >= 15 is 0 Å². The first-order chi connectivity index (χ1) is 9.45. The van der Waals surface area contributed by atoms with E-state index in [2.05, 4.69) is 26.6 Å². The summed E-state index contributed by atoms with van der Waals surface area (Å²) < 4.78 is 5.45. The third-order valence-corrected chi connectivity index (χ3v) is 3.27. The van der Waals surface area contributed by atoms with E-state index in [0.717, 1.165) is 0 Å². The van der Waals surface area contributed by atoms with Gasteiger partial charge in [-0.2, -0.15) is 0 Å². The Bertz CT molecular complexity index is 494. The number of hydrogen-bond acceptors (Lipinski definition) is 4. The fourth-order valence-corrected chi connectivity index (χ4v) is 1.91. The maximum absolute atomic E-state index is 12.1. The van der Waals surface area contributed by atoms with E-state index in [-0.39, 0.29) is 11.8 Å². The zero-order chi connectivity index (χ0) is 15.1. The molecular formula is C13H18BrN3O3. The molecule has 0 aliphatic carbocycles. The molecule has 1 atom stereocenters. The number of carbonyl (C=O) groups excluding carboxylic acids is 2. The van der Waals surface area contributed by atoms with Gasteiger partial charge in [0.25, 0.3) is 5.91 Å². The Hall–Kier alpha value is -1.60. The Kier molecular flexibility index (Phi) is 6.47. The molecule has 4 N–H and O–H groups in total. The molecule has 0 aliphatic heterocycles. The third-order valence-electron chi connectivity index (χ3n) is 2.58.